The van der Waals surface area contributed by atoms with E-state index in [2.05, 4.69) is 10.3 Å². The predicted molar refractivity (Wildman–Crippen MR) is 56.2 cm³/mol. The van der Waals surface area contributed by atoms with Crippen LogP contribution in [0.15, 0.2) is 18.3 Å². The highest BCUT2D eigenvalue weighted by Crippen LogP contribution is 2.11. The van der Waals surface area contributed by atoms with E-state index in [4.69, 9.17) is 9.84 Å². The molecule has 0 aromatic carbocycles. The Kier molecular flexibility index (Phi) is 4.56. The van der Waals surface area contributed by atoms with Crippen LogP contribution in [0, 0.1) is 0 Å². The molecule has 1 aromatic rings. The standard InChI is InChI=1S/C10H14N2O3/c1-15-7-3-6-11-8-4-2-5-12-9(8)10(13)14/h2,4-5,11H,3,6-7H2,1H3,(H,13,14). The summed E-state index contributed by atoms with van der Waals surface area (Å²) in [5.74, 6) is -1.02. The third-order valence-corrected chi connectivity index (χ3v) is 1.85. The second kappa shape index (κ2) is 5.98. The number of ether oxygens (including phenoxy) is 1. The first kappa shape index (κ1) is 11.5. The maximum absolute atomic E-state index is 10.8. The van der Waals surface area contributed by atoms with Crippen LogP contribution in [0.4, 0.5) is 5.69 Å². The second-order valence-electron chi connectivity index (χ2n) is 2.98. The number of hydrogen-bond acceptors (Lipinski definition) is 4. The number of methoxy groups -OCH3 is 1. The third kappa shape index (κ3) is 3.55. The number of nitrogens with one attached hydrogen (secondary N) is 1. The average Bonchev–Trinajstić information content (AvgIpc) is 2.25. The predicted octanol–water partition coefficient (Wildman–Crippen LogP) is 1.23. The van der Waals surface area contributed by atoms with E-state index in [0.29, 0.717) is 18.8 Å². The van der Waals surface area contributed by atoms with Crippen LogP contribution >= 0.6 is 0 Å². The number of anilines is 1. The molecule has 1 aromatic heterocycles. The molecule has 1 heterocycles. The van der Waals surface area contributed by atoms with E-state index >= 15 is 0 Å². The summed E-state index contributed by atoms with van der Waals surface area (Å²) in [6.07, 6.45) is 2.29. The lowest BCUT2D eigenvalue weighted by atomic mass is 10.3. The fourth-order valence-electron chi connectivity index (χ4n) is 1.16. The largest absolute Gasteiger partial charge is 0.476 e. The highest BCUT2D eigenvalue weighted by atomic mass is 16.5. The van der Waals surface area contributed by atoms with Crippen LogP contribution in [0.3, 0.4) is 0 Å². The van der Waals surface area contributed by atoms with Crippen LogP contribution in [-0.2, 0) is 4.74 Å². The van der Waals surface area contributed by atoms with E-state index < -0.39 is 5.97 Å². The van der Waals surface area contributed by atoms with E-state index in [1.165, 1.54) is 6.20 Å². The second-order valence-corrected chi connectivity index (χ2v) is 2.98. The molecule has 15 heavy (non-hydrogen) atoms. The van der Waals surface area contributed by atoms with Crippen LogP contribution < -0.4 is 5.32 Å². The maximum Gasteiger partial charge on any atom is 0.356 e. The molecule has 0 spiro atoms. The van der Waals surface area contributed by atoms with Crippen molar-refractivity contribution in [3.8, 4) is 0 Å². The third-order valence-electron chi connectivity index (χ3n) is 1.85. The van der Waals surface area contributed by atoms with E-state index in [1.54, 1.807) is 19.2 Å². The fourth-order valence-corrected chi connectivity index (χ4v) is 1.16. The van der Waals surface area contributed by atoms with Crippen molar-refractivity contribution in [2.75, 3.05) is 25.6 Å². The van der Waals surface area contributed by atoms with Gasteiger partial charge in [-0.2, -0.15) is 0 Å². The van der Waals surface area contributed by atoms with Crippen LogP contribution in [-0.4, -0.2) is 36.3 Å². The molecule has 82 valence electrons. The van der Waals surface area contributed by atoms with Crippen LogP contribution in [0.25, 0.3) is 0 Å². The fraction of sp³-hybridized carbons (Fsp3) is 0.400. The lowest BCUT2D eigenvalue weighted by Crippen LogP contribution is -2.10. The number of aromatic carboxylic acids is 1. The number of pyridine rings is 1. The van der Waals surface area contributed by atoms with Gasteiger partial charge in [0.15, 0.2) is 5.69 Å². The van der Waals surface area contributed by atoms with E-state index in [0.717, 1.165) is 6.42 Å². The van der Waals surface area contributed by atoms with Gasteiger partial charge in [-0.05, 0) is 18.6 Å². The summed E-state index contributed by atoms with van der Waals surface area (Å²) in [5.41, 5.74) is 0.594. The lowest BCUT2D eigenvalue weighted by molar-refractivity contribution is 0.0691. The van der Waals surface area contributed by atoms with E-state index in [-0.39, 0.29) is 5.69 Å². The molecular weight excluding hydrogens is 196 g/mol. The Labute approximate surface area is 88.1 Å². The van der Waals surface area contributed by atoms with Crippen molar-refractivity contribution in [1.82, 2.24) is 4.98 Å². The number of rotatable bonds is 6. The van der Waals surface area contributed by atoms with Gasteiger partial charge in [0.1, 0.15) is 0 Å². The van der Waals surface area contributed by atoms with E-state index in [9.17, 15) is 4.79 Å². The first-order valence-electron chi connectivity index (χ1n) is 4.67. The van der Waals surface area contributed by atoms with Gasteiger partial charge in [0.05, 0.1) is 5.69 Å². The number of carboxylic acids is 1. The molecular formula is C10H14N2O3. The molecule has 0 atom stereocenters. The molecule has 0 aliphatic rings. The van der Waals surface area contributed by atoms with Gasteiger partial charge in [-0.15, -0.1) is 0 Å². The Bertz CT molecular complexity index is 328. The summed E-state index contributed by atoms with van der Waals surface area (Å²) in [4.78, 5) is 14.6. The zero-order chi connectivity index (χ0) is 11.1. The molecule has 0 aliphatic carbocycles. The van der Waals surface area contributed by atoms with Gasteiger partial charge in [0.25, 0.3) is 0 Å². The summed E-state index contributed by atoms with van der Waals surface area (Å²) >= 11 is 0. The molecule has 2 N–H and O–H groups in total. The summed E-state index contributed by atoms with van der Waals surface area (Å²) in [5, 5.41) is 11.8. The van der Waals surface area contributed by atoms with Crippen molar-refractivity contribution in [1.29, 1.82) is 0 Å². The maximum atomic E-state index is 10.8. The number of hydrogen-bond donors (Lipinski definition) is 2. The van der Waals surface area contributed by atoms with Crippen molar-refractivity contribution in [3.63, 3.8) is 0 Å². The van der Waals surface area contributed by atoms with Crippen molar-refractivity contribution in [2.24, 2.45) is 0 Å². The highest BCUT2D eigenvalue weighted by molar-refractivity contribution is 5.91. The van der Waals surface area contributed by atoms with Crippen LogP contribution in [0.1, 0.15) is 16.9 Å². The van der Waals surface area contributed by atoms with Crippen molar-refractivity contribution in [2.45, 2.75) is 6.42 Å². The van der Waals surface area contributed by atoms with Gasteiger partial charge in [0, 0.05) is 26.5 Å². The van der Waals surface area contributed by atoms with Gasteiger partial charge >= 0.3 is 5.97 Å². The van der Waals surface area contributed by atoms with Gasteiger partial charge in [-0.25, -0.2) is 9.78 Å². The van der Waals surface area contributed by atoms with Crippen LogP contribution in [0.2, 0.25) is 0 Å². The Balaban J connectivity index is 2.56. The molecule has 0 saturated heterocycles. The Morgan fingerprint density at radius 1 is 1.67 bits per heavy atom. The first-order valence-corrected chi connectivity index (χ1v) is 4.67. The molecule has 0 aliphatic heterocycles. The number of carboxylic acid groups (broad SMARTS) is 1. The molecule has 0 bridgehead atoms. The number of carbonyl (C=O) groups is 1. The Morgan fingerprint density at radius 3 is 3.13 bits per heavy atom. The Morgan fingerprint density at radius 2 is 2.47 bits per heavy atom. The molecule has 1 rings (SSSR count). The topological polar surface area (TPSA) is 71.5 Å². The zero-order valence-electron chi connectivity index (χ0n) is 8.56. The van der Waals surface area contributed by atoms with Gasteiger partial charge in [0.2, 0.25) is 0 Å². The zero-order valence-corrected chi connectivity index (χ0v) is 8.56. The average molecular weight is 210 g/mol. The molecule has 0 fully saturated rings. The molecule has 0 radical (unpaired) electrons. The minimum absolute atomic E-state index is 0.0508. The lowest BCUT2D eigenvalue weighted by Gasteiger charge is -2.07. The van der Waals surface area contributed by atoms with E-state index in [1.807, 2.05) is 0 Å². The molecule has 0 saturated carbocycles. The molecule has 0 unspecified atom stereocenters. The van der Waals surface area contributed by atoms with Gasteiger partial charge < -0.3 is 15.2 Å². The summed E-state index contributed by atoms with van der Waals surface area (Å²) in [7, 11) is 1.63. The van der Waals surface area contributed by atoms with Crippen LogP contribution in [0.5, 0.6) is 0 Å². The normalized spacial score (nSPS) is 9.93. The van der Waals surface area contributed by atoms with Crippen molar-refractivity contribution in [3.05, 3.63) is 24.0 Å². The number of nitrogens with zero attached hydrogens (tertiary/aromatic N) is 1. The quantitative estimate of drug-likeness (QED) is 0.691. The first-order chi connectivity index (χ1) is 7.25. The van der Waals surface area contributed by atoms with Gasteiger partial charge in [-0.1, -0.05) is 0 Å². The SMILES string of the molecule is COCCCNc1cccnc1C(=O)O. The summed E-state index contributed by atoms with van der Waals surface area (Å²) in [6, 6.07) is 3.40. The molecule has 5 heteroatoms. The number of aromatic nitrogens is 1. The smallest absolute Gasteiger partial charge is 0.356 e. The Hall–Kier alpha value is -1.62. The van der Waals surface area contributed by atoms with Crippen molar-refractivity contribution >= 4 is 11.7 Å². The van der Waals surface area contributed by atoms with Gasteiger partial charge in [-0.3, -0.25) is 0 Å². The molecule has 0 amide bonds. The summed E-state index contributed by atoms with van der Waals surface area (Å²) < 4.78 is 4.89. The minimum atomic E-state index is -1.02. The highest BCUT2D eigenvalue weighted by Gasteiger charge is 2.09. The monoisotopic (exact) mass is 210 g/mol. The summed E-state index contributed by atoms with van der Waals surface area (Å²) in [6.45, 7) is 1.31. The molecule has 5 nitrogen and oxygen atoms in total. The minimum Gasteiger partial charge on any atom is -0.476 e. The van der Waals surface area contributed by atoms with Crippen molar-refractivity contribution < 1.29 is 14.6 Å².